The van der Waals surface area contributed by atoms with Crippen molar-refractivity contribution in [1.29, 1.82) is 0 Å². The molecule has 2 nitrogen and oxygen atoms in total. The van der Waals surface area contributed by atoms with E-state index in [2.05, 4.69) is 9.97 Å². The number of hydrogen-bond donors (Lipinski definition) is 0. The second-order valence-electron chi connectivity index (χ2n) is 4.27. The monoisotopic (exact) mass is 282 g/mol. The van der Waals surface area contributed by atoms with Gasteiger partial charge in [-0.05, 0) is 25.0 Å². The molecule has 2 rings (SSSR count). The van der Waals surface area contributed by atoms with E-state index in [1.165, 1.54) is 12.1 Å². The van der Waals surface area contributed by atoms with E-state index >= 15 is 0 Å². The van der Waals surface area contributed by atoms with Crippen LogP contribution in [0.5, 0.6) is 0 Å². The maximum Gasteiger partial charge on any atom is 0.135 e. The summed E-state index contributed by atoms with van der Waals surface area (Å²) in [5, 5.41) is 0.379. The van der Waals surface area contributed by atoms with Gasteiger partial charge in [0.2, 0.25) is 0 Å². The van der Waals surface area contributed by atoms with Crippen LogP contribution in [0.4, 0.5) is 8.78 Å². The molecule has 0 unspecified atom stereocenters. The van der Waals surface area contributed by atoms with Crippen LogP contribution in [0.25, 0.3) is 0 Å². The van der Waals surface area contributed by atoms with Gasteiger partial charge in [0.25, 0.3) is 0 Å². The fourth-order valence-corrected chi connectivity index (χ4v) is 2.05. The summed E-state index contributed by atoms with van der Waals surface area (Å²) in [6.07, 6.45) is 0.923. The van der Waals surface area contributed by atoms with E-state index < -0.39 is 11.6 Å². The minimum absolute atomic E-state index is 0.194. The lowest BCUT2D eigenvalue weighted by molar-refractivity contribution is 0.573. The van der Waals surface area contributed by atoms with Crippen LogP contribution in [-0.2, 0) is 12.8 Å². The number of nitrogens with zero attached hydrogens (tertiary/aromatic N) is 2. The van der Waals surface area contributed by atoms with Gasteiger partial charge in [-0.15, -0.1) is 0 Å². The van der Waals surface area contributed by atoms with Crippen molar-refractivity contribution in [2.45, 2.75) is 26.7 Å². The van der Waals surface area contributed by atoms with Crippen LogP contribution in [0.2, 0.25) is 5.15 Å². The second-order valence-corrected chi connectivity index (χ2v) is 4.63. The number of benzene rings is 1. The van der Waals surface area contributed by atoms with Gasteiger partial charge in [-0.3, -0.25) is 0 Å². The Hall–Kier alpha value is -1.55. The van der Waals surface area contributed by atoms with Gasteiger partial charge in [-0.1, -0.05) is 24.6 Å². The Balaban J connectivity index is 2.35. The zero-order valence-electron chi connectivity index (χ0n) is 10.7. The van der Waals surface area contributed by atoms with E-state index in [9.17, 15) is 8.78 Å². The molecule has 0 atom stereocenters. The van der Waals surface area contributed by atoms with Crippen molar-refractivity contribution >= 4 is 11.6 Å². The average molecular weight is 283 g/mol. The third-order valence-corrected chi connectivity index (χ3v) is 3.30. The largest absolute Gasteiger partial charge is 0.237 e. The Morgan fingerprint density at radius 2 is 1.95 bits per heavy atom. The molecule has 100 valence electrons. The minimum atomic E-state index is -0.599. The first-order valence-electron chi connectivity index (χ1n) is 5.97. The van der Waals surface area contributed by atoms with Gasteiger partial charge >= 0.3 is 0 Å². The maximum absolute atomic E-state index is 13.6. The van der Waals surface area contributed by atoms with E-state index in [1.807, 2.05) is 13.8 Å². The van der Waals surface area contributed by atoms with Gasteiger partial charge in [0.15, 0.2) is 0 Å². The number of halogens is 3. The van der Waals surface area contributed by atoms with Crippen LogP contribution in [0.15, 0.2) is 18.2 Å². The Morgan fingerprint density at radius 3 is 2.58 bits per heavy atom. The van der Waals surface area contributed by atoms with Crippen molar-refractivity contribution in [3.8, 4) is 0 Å². The Bertz CT molecular complexity index is 615. The predicted octanol–water partition coefficient (Wildman–Crippen LogP) is 3.87. The molecule has 1 heterocycles. The maximum atomic E-state index is 13.6. The molecule has 1 aromatic heterocycles. The van der Waals surface area contributed by atoms with Gasteiger partial charge in [-0.2, -0.15) is 0 Å². The van der Waals surface area contributed by atoms with Gasteiger partial charge in [-0.25, -0.2) is 18.7 Å². The molecule has 0 radical (unpaired) electrons. The van der Waals surface area contributed by atoms with Crippen LogP contribution in [0.1, 0.15) is 29.6 Å². The molecule has 2 aromatic rings. The summed E-state index contributed by atoms with van der Waals surface area (Å²) in [6.45, 7) is 3.82. The van der Waals surface area contributed by atoms with Gasteiger partial charge in [0.1, 0.15) is 22.6 Å². The normalized spacial score (nSPS) is 10.8. The lowest BCUT2D eigenvalue weighted by atomic mass is 10.1. The first-order chi connectivity index (χ1) is 9.01. The molecule has 5 heteroatoms. The summed E-state index contributed by atoms with van der Waals surface area (Å²) in [7, 11) is 0. The van der Waals surface area contributed by atoms with Gasteiger partial charge < -0.3 is 0 Å². The van der Waals surface area contributed by atoms with E-state index in [4.69, 9.17) is 11.6 Å². The van der Waals surface area contributed by atoms with E-state index in [0.29, 0.717) is 16.5 Å². The molecule has 0 N–H and O–H groups in total. The zero-order valence-corrected chi connectivity index (χ0v) is 11.4. The Kier molecular flexibility index (Phi) is 4.10. The molecule has 0 aliphatic heterocycles. The number of hydrogen-bond acceptors (Lipinski definition) is 2. The molecule has 19 heavy (non-hydrogen) atoms. The highest BCUT2D eigenvalue weighted by Crippen LogP contribution is 2.19. The third-order valence-electron chi connectivity index (χ3n) is 2.93. The Morgan fingerprint density at radius 1 is 1.21 bits per heavy atom. The second kappa shape index (κ2) is 5.61. The van der Waals surface area contributed by atoms with Crippen molar-refractivity contribution in [2.24, 2.45) is 0 Å². The molecule has 0 aliphatic carbocycles. The lowest BCUT2D eigenvalue weighted by Crippen LogP contribution is -2.04. The molecule has 1 aromatic carbocycles. The molecule has 0 saturated carbocycles. The summed E-state index contributed by atoms with van der Waals surface area (Å²) in [4.78, 5) is 8.49. The topological polar surface area (TPSA) is 25.8 Å². The standard InChI is InChI=1S/C14H13ClF2N2/c1-3-12-8(2)14(15)19-13(18-12)6-9-4-5-10(16)7-11(9)17/h4-5,7H,3,6H2,1-2H3. The molecular formula is C14H13ClF2N2. The van der Waals surface area contributed by atoms with Crippen molar-refractivity contribution in [1.82, 2.24) is 9.97 Å². The summed E-state index contributed by atoms with van der Waals surface area (Å²) < 4.78 is 26.4. The third kappa shape index (κ3) is 3.07. The molecule has 0 bridgehead atoms. The van der Waals surface area contributed by atoms with Crippen LogP contribution in [0.3, 0.4) is 0 Å². The van der Waals surface area contributed by atoms with Crippen molar-refractivity contribution < 1.29 is 8.78 Å². The SMILES string of the molecule is CCc1nc(Cc2ccc(F)cc2F)nc(Cl)c1C. The predicted molar refractivity (Wildman–Crippen MR) is 70.3 cm³/mol. The zero-order chi connectivity index (χ0) is 14.0. The highest BCUT2D eigenvalue weighted by Gasteiger charge is 2.11. The summed E-state index contributed by atoms with van der Waals surface area (Å²) in [5.74, 6) is -0.755. The van der Waals surface area contributed by atoms with Crippen molar-refractivity contribution in [2.75, 3.05) is 0 Å². The molecular weight excluding hydrogens is 270 g/mol. The van der Waals surface area contributed by atoms with Crippen LogP contribution < -0.4 is 0 Å². The summed E-state index contributed by atoms with van der Waals surface area (Å²) in [6, 6.07) is 3.47. The lowest BCUT2D eigenvalue weighted by Gasteiger charge is -2.08. The minimum Gasteiger partial charge on any atom is -0.237 e. The fraction of sp³-hybridized carbons (Fsp3) is 0.286. The van der Waals surface area contributed by atoms with E-state index in [-0.39, 0.29) is 6.42 Å². The van der Waals surface area contributed by atoms with E-state index in [0.717, 1.165) is 23.7 Å². The van der Waals surface area contributed by atoms with Gasteiger partial charge in [0, 0.05) is 23.7 Å². The average Bonchev–Trinajstić information content (AvgIpc) is 2.37. The number of rotatable bonds is 3. The summed E-state index contributed by atoms with van der Waals surface area (Å²) >= 11 is 6.02. The smallest absolute Gasteiger partial charge is 0.135 e. The molecule has 0 fully saturated rings. The fourth-order valence-electron chi connectivity index (χ4n) is 1.84. The first kappa shape index (κ1) is 13.9. The number of aryl methyl sites for hydroxylation is 1. The molecule has 0 spiro atoms. The van der Waals surface area contributed by atoms with Crippen molar-refractivity contribution in [3.05, 3.63) is 57.6 Å². The molecule has 0 amide bonds. The first-order valence-corrected chi connectivity index (χ1v) is 6.35. The van der Waals surface area contributed by atoms with Crippen LogP contribution >= 0.6 is 11.6 Å². The molecule has 0 aliphatic rings. The highest BCUT2D eigenvalue weighted by atomic mass is 35.5. The number of aromatic nitrogens is 2. The van der Waals surface area contributed by atoms with E-state index in [1.54, 1.807) is 0 Å². The van der Waals surface area contributed by atoms with Crippen LogP contribution in [-0.4, -0.2) is 9.97 Å². The quantitative estimate of drug-likeness (QED) is 0.799. The van der Waals surface area contributed by atoms with Crippen LogP contribution in [0, 0.1) is 18.6 Å². The van der Waals surface area contributed by atoms with Gasteiger partial charge in [0.05, 0.1) is 0 Å². The summed E-state index contributed by atoms with van der Waals surface area (Å²) in [5.41, 5.74) is 2.04. The van der Waals surface area contributed by atoms with Crippen molar-refractivity contribution in [3.63, 3.8) is 0 Å². The highest BCUT2D eigenvalue weighted by molar-refractivity contribution is 6.30. The molecule has 0 saturated heterocycles. The Labute approximate surface area is 115 Å².